The van der Waals surface area contributed by atoms with Gasteiger partial charge in [0.05, 0.1) is 26.0 Å². The molecule has 0 saturated carbocycles. The Kier molecular flexibility index (Phi) is 8.99. The molecule has 0 radical (unpaired) electrons. The number of nitrogens with zero attached hydrogens (tertiary/aromatic N) is 7. The van der Waals surface area contributed by atoms with Crippen molar-refractivity contribution in [1.29, 1.82) is 0 Å². The minimum atomic E-state index is -4.01. The van der Waals surface area contributed by atoms with Gasteiger partial charge in [-0.25, -0.2) is 23.4 Å². The SMILES string of the molecule is C=NC(=N/C=C(\C)Cl)[C@@H](C)[C@H](C)S(=O)(=O)Nc1nnc(-c2cccc(OC)n2)n1Cc1cc(OC)no1. The van der Waals surface area contributed by atoms with E-state index in [4.69, 9.17) is 25.6 Å². The summed E-state index contributed by atoms with van der Waals surface area (Å²) in [7, 11) is -1.08. The number of rotatable bonds is 11. The highest BCUT2D eigenvalue weighted by Gasteiger charge is 2.32. The molecule has 1 N–H and O–H groups in total. The Morgan fingerprint density at radius 1 is 1.27 bits per heavy atom. The smallest absolute Gasteiger partial charge is 0.254 e. The van der Waals surface area contributed by atoms with Crippen LogP contribution in [0.3, 0.4) is 0 Å². The molecule has 2 atom stereocenters. The standard InChI is InChI=1S/C22H27ClN8O5S/c1-13(23)11-25-20(24-4)14(2)15(3)37(32,33)30-22-28-27-21(17-8-7-9-18(26-17)34-5)31(22)12-16-10-19(35-6)29-36-16/h7-11,14-15H,4,12H2,1-3,5-6H3,(H,28,30)/b13-11+,25-20?/t14-,15-/m0/s1. The molecule has 0 saturated heterocycles. The van der Waals surface area contributed by atoms with Gasteiger partial charge in [0.1, 0.15) is 11.5 Å². The summed E-state index contributed by atoms with van der Waals surface area (Å²) in [5.74, 6) is 0.782. The van der Waals surface area contributed by atoms with Gasteiger partial charge in [-0.15, -0.1) is 10.2 Å². The number of hydrogen-bond acceptors (Lipinski definition) is 10. The van der Waals surface area contributed by atoms with Crippen LogP contribution in [0.4, 0.5) is 5.95 Å². The highest BCUT2D eigenvalue weighted by atomic mass is 35.5. The van der Waals surface area contributed by atoms with Gasteiger partial charge in [-0.1, -0.05) is 24.6 Å². The number of aromatic nitrogens is 5. The maximum absolute atomic E-state index is 13.4. The summed E-state index contributed by atoms with van der Waals surface area (Å²) < 4.78 is 46.3. The lowest BCUT2D eigenvalue weighted by Gasteiger charge is -2.20. The van der Waals surface area contributed by atoms with E-state index < -0.39 is 21.2 Å². The fourth-order valence-corrected chi connectivity index (χ4v) is 4.45. The number of aliphatic imine (C=N–C) groups is 2. The quantitative estimate of drug-likeness (QED) is 0.279. The Bertz CT molecular complexity index is 1410. The van der Waals surface area contributed by atoms with Crippen molar-refractivity contribution in [2.45, 2.75) is 32.6 Å². The summed E-state index contributed by atoms with van der Waals surface area (Å²) in [5.41, 5.74) is 0.402. The van der Waals surface area contributed by atoms with Crippen LogP contribution in [0.2, 0.25) is 0 Å². The molecule has 198 valence electrons. The van der Waals surface area contributed by atoms with E-state index in [-0.39, 0.29) is 30.0 Å². The molecule has 0 aliphatic heterocycles. The van der Waals surface area contributed by atoms with Crippen molar-refractivity contribution in [3.05, 3.63) is 41.3 Å². The molecule has 37 heavy (non-hydrogen) atoms. The van der Waals surface area contributed by atoms with E-state index in [1.807, 2.05) is 0 Å². The molecule has 0 bridgehead atoms. The van der Waals surface area contributed by atoms with Crippen LogP contribution < -0.4 is 14.2 Å². The van der Waals surface area contributed by atoms with Crippen molar-refractivity contribution >= 4 is 40.1 Å². The molecule has 0 unspecified atom stereocenters. The minimum Gasteiger partial charge on any atom is -0.481 e. The number of nitrogens with one attached hydrogen (secondary N) is 1. The molecule has 0 spiro atoms. The second-order valence-corrected chi connectivity index (χ2v) is 10.5. The van der Waals surface area contributed by atoms with Crippen LogP contribution in [0, 0.1) is 5.92 Å². The van der Waals surface area contributed by atoms with Gasteiger partial charge in [0.15, 0.2) is 11.6 Å². The van der Waals surface area contributed by atoms with Gasteiger partial charge < -0.3 is 14.0 Å². The van der Waals surface area contributed by atoms with E-state index in [0.717, 1.165) is 0 Å². The average molecular weight is 551 g/mol. The van der Waals surface area contributed by atoms with E-state index in [1.165, 1.54) is 31.9 Å². The second kappa shape index (κ2) is 12.0. The van der Waals surface area contributed by atoms with Crippen LogP contribution in [0.1, 0.15) is 26.5 Å². The predicted molar refractivity (Wildman–Crippen MR) is 140 cm³/mol. The zero-order valence-electron chi connectivity index (χ0n) is 20.9. The van der Waals surface area contributed by atoms with Gasteiger partial charge in [-0.3, -0.25) is 9.29 Å². The molecule has 13 nitrogen and oxygen atoms in total. The van der Waals surface area contributed by atoms with E-state index in [1.54, 1.807) is 38.1 Å². The van der Waals surface area contributed by atoms with Crippen molar-refractivity contribution in [1.82, 2.24) is 24.9 Å². The van der Waals surface area contributed by atoms with Crippen molar-refractivity contribution in [3.63, 3.8) is 0 Å². The third-order valence-corrected chi connectivity index (χ3v) is 7.30. The van der Waals surface area contributed by atoms with E-state index >= 15 is 0 Å². The van der Waals surface area contributed by atoms with E-state index in [2.05, 4.69) is 41.8 Å². The highest BCUT2D eigenvalue weighted by molar-refractivity contribution is 7.93. The van der Waals surface area contributed by atoms with Gasteiger partial charge in [0.25, 0.3) is 5.88 Å². The zero-order valence-corrected chi connectivity index (χ0v) is 22.5. The maximum Gasteiger partial charge on any atom is 0.254 e. The predicted octanol–water partition coefficient (Wildman–Crippen LogP) is 3.36. The molecular weight excluding hydrogens is 524 g/mol. The van der Waals surface area contributed by atoms with Crippen molar-refractivity contribution in [2.24, 2.45) is 15.9 Å². The van der Waals surface area contributed by atoms with Gasteiger partial charge in [0, 0.05) is 29.3 Å². The zero-order chi connectivity index (χ0) is 27.2. The molecule has 0 aliphatic carbocycles. The Labute approximate surface area is 219 Å². The normalized spacial score (nSPS) is 14.2. The van der Waals surface area contributed by atoms with Gasteiger partial charge in [0.2, 0.25) is 21.9 Å². The fraction of sp³-hybridized carbons (Fsp3) is 0.364. The molecule has 0 aliphatic rings. The number of pyridine rings is 1. The van der Waals surface area contributed by atoms with Crippen LogP contribution in [0.25, 0.3) is 11.5 Å². The number of hydrogen-bond donors (Lipinski definition) is 1. The van der Waals surface area contributed by atoms with Crippen LogP contribution >= 0.6 is 11.6 Å². The number of allylic oxidation sites excluding steroid dienone is 1. The fourth-order valence-electron chi connectivity index (χ4n) is 3.15. The van der Waals surface area contributed by atoms with E-state index in [9.17, 15) is 8.42 Å². The molecule has 3 aromatic rings. The maximum atomic E-state index is 13.4. The lowest BCUT2D eigenvalue weighted by Crippen LogP contribution is -2.35. The summed E-state index contributed by atoms with van der Waals surface area (Å²) in [6.07, 6.45) is 1.38. The molecule has 0 aromatic carbocycles. The topological polar surface area (TPSA) is 159 Å². The molecular formula is C22H27ClN8O5S. The lowest BCUT2D eigenvalue weighted by atomic mass is 10.1. The third-order valence-electron chi connectivity index (χ3n) is 5.34. The number of halogens is 1. The van der Waals surface area contributed by atoms with Gasteiger partial charge in [-0.2, -0.15) is 0 Å². The van der Waals surface area contributed by atoms with Gasteiger partial charge in [-0.05, 0) is 31.8 Å². The first-order valence-electron chi connectivity index (χ1n) is 10.9. The van der Waals surface area contributed by atoms with Crippen LogP contribution in [-0.4, -0.2) is 65.3 Å². The summed E-state index contributed by atoms with van der Waals surface area (Å²) in [6, 6.07) is 6.66. The third kappa shape index (κ3) is 6.71. The largest absolute Gasteiger partial charge is 0.481 e. The Hall–Kier alpha value is -3.78. The first-order chi connectivity index (χ1) is 17.6. The highest BCUT2D eigenvalue weighted by Crippen LogP contribution is 2.25. The first kappa shape index (κ1) is 27.8. The molecule has 0 fully saturated rings. The van der Waals surface area contributed by atoms with E-state index in [0.29, 0.717) is 22.4 Å². The Morgan fingerprint density at radius 2 is 2.00 bits per heavy atom. The Morgan fingerprint density at radius 3 is 2.62 bits per heavy atom. The minimum absolute atomic E-state index is 0.0279. The molecule has 3 aromatic heterocycles. The number of sulfonamides is 1. The molecule has 0 amide bonds. The molecule has 15 heteroatoms. The van der Waals surface area contributed by atoms with Gasteiger partial charge >= 0.3 is 0 Å². The Balaban J connectivity index is 2.00. The lowest BCUT2D eigenvalue weighted by molar-refractivity contribution is 0.324. The monoisotopic (exact) mass is 550 g/mol. The molecule has 3 heterocycles. The summed E-state index contributed by atoms with van der Waals surface area (Å²) >= 11 is 5.84. The number of methoxy groups -OCH3 is 2. The number of amidine groups is 1. The van der Waals surface area contributed by atoms with Crippen molar-refractivity contribution in [2.75, 3.05) is 18.9 Å². The second-order valence-electron chi connectivity index (χ2n) is 7.84. The summed E-state index contributed by atoms with van der Waals surface area (Å²) in [6.45, 7) is 8.36. The summed E-state index contributed by atoms with van der Waals surface area (Å²) in [4.78, 5) is 12.4. The first-order valence-corrected chi connectivity index (χ1v) is 12.8. The average Bonchev–Trinajstić information content (AvgIpc) is 3.50. The van der Waals surface area contributed by atoms with Crippen LogP contribution in [0.5, 0.6) is 11.8 Å². The number of ether oxygens (including phenoxy) is 2. The summed E-state index contributed by atoms with van der Waals surface area (Å²) in [5, 5.41) is 11.5. The van der Waals surface area contributed by atoms with Crippen LogP contribution in [0.15, 0.2) is 50.0 Å². The van der Waals surface area contributed by atoms with Crippen LogP contribution in [-0.2, 0) is 16.6 Å². The molecule has 3 rings (SSSR count). The number of anilines is 1. The van der Waals surface area contributed by atoms with Crippen molar-refractivity contribution < 1.29 is 22.4 Å². The van der Waals surface area contributed by atoms with Crippen molar-refractivity contribution in [3.8, 4) is 23.3 Å².